The van der Waals surface area contributed by atoms with Crippen molar-refractivity contribution >= 4 is 69.7 Å². The molecule has 2 saturated carbocycles. The maximum atomic E-state index is 12.7. The third-order valence-corrected chi connectivity index (χ3v) is 9.64. The highest BCUT2D eigenvalue weighted by molar-refractivity contribution is 7.22. The Balaban J connectivity index is 0.00000176. The van der Waals surface area contributed by atoms with Crippen LogP contribution in [0.5, 0.6) is 0 Å². The van der Waals surface area contributed by atoms with E-state index in [1.165, 1.54) is 58.0 Å². The fourth-order valence-corrected chi connectivity index (χ4v) is 7.30. The largest absolute Gasteiger partial charge is 0.354 e. The minimum absolute atomic E-state index is 0. The van der Waals surface area contributed by atoms with Crippen molar-refractivity contribution in [1.82, 2.24) is 20.2 Å². The maximum absolute atomic E-state index is 12.7. The van der Waals surface area contributed by atoms with E-state index in [2.05, 4.69) is 20.5 Å². The molecule has 3 aromatic rings. The number of benzene rings is 1. The molecule has 0 atom stereocenters. The number of thiophene rings is 1. The zero-order chi connectivity index (χ0) is 25.2. The van der Waals surface area contributed by atoms with E-state index < -0.39 is 0 Å². The average Bonchev–Trinajstić information content (AvgIpc) is 3.38. The van der Waals surface area contributed by atoms with Crippen molar-refractivity contribution in [1.29, 1.82) is 0 Å². The number of nitrogens with one attached hydrogen (secondary N) is 2. The molecular formula is C29H38Cl3N5OS. The Morgan fingerprint density at radius 1 is 1.08 bits per heavy atom. The van der Waals surface area contributed by atoms with Gasteiger partial charge in [-0.15, -0.1) is 36.2 Å². The second kappa shape index (κ2) is 13.8. The van der Waals surface area contributed by atoms with Crippen LogP contribution >= 0.6 is 47.8 Å². The maximum Gasteiger partial charge on any atom is 0.252 e. The monoisotopic (exact) mass is 609 g/mol. The molecule has 10 heteroatoms. The standard InChI is InChI=1S/C29H36ClN5OS.2ClH/c30-24-18-32-29(31-14-4-5-19-12-15-35(16-13-19)21-6-1-2-7-21)34-27(24)26-17-23-22(8-3-9-25(23)37-26)28(36)33-20-10-11-20;;/h3,8-9,17-21H,1-2,4-7,10-16H2,(H,33,36)(H,31,32,34);2*1H. The molecule has 2 aromatic heterocycles. The first-order valence-electron chi connectivity index (χ1n) is 14.0. The highest BCUT2D eigenvalue weighted by Gasteiger charge is 2.27. The molecule has 0 radical (unpaired) electrons. The van der Waals surface area contributed by atoms with Gasteiger partial charge in [-0.25, -0.2) is 9.97 Å². The highest BCUT2D eigenvalue weighted by atomic mass is 35.5. The van der Waals surface area contributed by atoms with Gasteiger partial charge in [0.15, 0.2) is 0 Å². The summed E-state index contributed by atoms with van der Waals surface area (Å²) in [5, 5.41) is 7.99. The fourth-order valence-electron chi connectivity index (χ4n) is 5.96. The predicted octanol–water partition coefficient (Wildman–Crippen LogP) is 7.59. The number of aromatic nitrogens is 2. The normalized spacial score (nSPS) is 18.5. The van der Waals surface area contributed by atoms with Crippen molar-refractivity contribution in [3.05, 3.63) is 41.0 Å². The molecule has 3 fully saturated rings. The van der Waals surface area contributed by atoms with E-state index in [4.69, 9.17) is 16.6 Å². The zero-order valence-electron chi connectivity index (χ0n) is 22.2. The van der Waals surface area contributed by atoms with Gasteiger partial charge in [0.2, 0.25) is 5.95 Å². The molecule has 1 saturated heterocycles. The van der Waals surface area contributed by atoms with Gasteiger partial charge >= 0.3 is 0 Å². The van der Waals surface area contributed by atoms with Crippen LogP contribution in [-0.2, 0) is 0 Å². The number of anilines is 1. The quantitative estimate of drug-likeness (QED) is 0.244. The number of carbonyl (C=O) groups is 1. The summed E-state index contributed by atoms with van der Waals surface area (Å²) >= 11 is 8.14. The summed E-state index contributed by atoms with van der Waals surface area (Å²) < 4.78 is 1.06. The van der Waals surface area contributed by atoms with Gasteiger partial charge in [-0.3, -0.25) is 4.79 Å². The topological polar surface area (TPSA) is 70.2 Å². The van der Waals surface area contributed by atoms with Crippen LogP contribution in [-0.4, -0.2) is 52.5 Å². The number of hydrogen-bond donors (Lipinski definition) is 2. The molecule has 0 unspecified atom stereocenters. The van der Waals surface area contributed by atoms with Crippen molar-refractivity contribution in [2.24, 2.45) is 5.92 Å². The number of halogens is 3. The van der Waals surface area contributed by atoms with E-state index in [1.807, 2.05) is 24.3 Å². The fraction of sp³-hybridized carbons (Fsp3) is 0.552. The van der Waals surface area contributed by atoms with E-state index in [-0.39, 0.29) is 30.7 Å². The van der Waals surface area contributed by atoms with Crippen molar-refractivity contribution < 1.29 is 4.79 Å². The second-order valence-electron chi connectivity index (χ2n) is 11.0. The first-order chi connectivity index (χ1) is 18.1. The van der Waals surface area contributed by atoms with Crippen LogP contribution in [0.4, 0.5) is 5.95 Å². The lowest BCUT2D eigenvalue weighted by atomic mass is 9.91. The number of piperidine rings is 1. The van der Waals surface area contributed by atoms with Gasteiger partial charge in [0.25, 0.3) is 5.91 Å². The van der Waals surface area contributed by atoms with Crippen molar-refractivity contribution in [2.75, 3.05) is 25.0 Å². The molecule has 2 N–H and O–H groups in total. The minimum Gasteiger partial charge on any atom is -0.354 e. The Kier molecular flexibility index (Phi) is 10.7. The molecule has 6 rings (SSSR count). The van der Waals surface area contributed by atoms with Crippen LogP contribution in [0.15, 0.2) is 30.5 Å². The Hall–Kier alpha value is -1.64. The van der Waals surface area contributed by atoms with Gasteiger partial charge in [-0.1, -0.05) is 30.5 Å². The number of carbonyl (C=O) groups excluding carboxylic acids is 1. The van der Waals surface area contributed by atoms with E-state index >= 15 is 0 Å². The van der Waals surface area contributed by atoms with Gasteiger partial charge < -0.3 is 15.5 Å². The van der Waals surface area contributed by atoms with Crippen molar-refractivity contribution in [2.45, 2.75) is 76.3 Å². The van der Waals surface area contributed by atoms with Gasteiger partial charge in [-0.05, 0) is 88.6 Å². The van der Waals surface area contributed by atoms with Gasteiger partial charge in [0, 0.05) is 34.3 Å². The number of fused-ring (bicyclic) bond motifs is 1. The smallest absolute Gasteiger partial charge is 0.252 e. The lowest BCUT2D eigenvalue weighted by molar-refractivity contribution is 0.0952. The van der Waals surface area contributed by atoms with Crippen LogP contribution in [0.3, 0.4) is 0 Å². The average molecular weight is 611 g/mol. The Labute approximate surface area is 252 Å². The van der Waals surface area contributed by atoms with E-state index in [0.717, 1.165) is 52.7 Å². The lowest BCUT2D eigenvalue weighted by Crippen LogP contribution is -2.40. The molecule has 1 aromatic carbocycles. The third kappa shape index (κ3) is 7.36. The second-order valence-corrected chi connectivity index (χ2v) is 12.4. The van der Waals surface area contributed by atoms with Gasteiger partial charge in [0.05, 0.1) is 16.1 Å². The molecule has 39 heavy (non-hydrogen) atoms. The minimum atomic E-state index is -0.00204. The summed E-state index contributed by atoms with van der Waals surface area (Å²) in [4.78, 5) is 25.6. The Morgan fingerprint density at radius 2 is 1.85 bits per heavy atom. The molecule has 0 spiro atoms. The van der Waals surface area contributed by atoms with E-state index in [1.54, 1.807) is 17.5 Å². The number of nitrogens with zero attached hydrogens (tertiary/aromatic N) is 3. The first kappa shape index (κ1) is 30.3. The highest BCUT2D eigenvalue weighted by Crippen LogP contribution is 2.38. The summed E-state index contributed by atoms with van der Waals surface area (Å²) in [6.07, 6.45) is 14.5. The summed E-state index contributed by atoms with van der Waals surface area (Å²) in [5.41, 5.74) is 1.43. The zero-order valence-corrected chi connectivity index (χ0v) is 25.4. The number of amides is 1. The summed E-state index contributed by atoms with van der Waals surface area (Å²) in [6.45, 7) is 3.43. The van der Waals surface area contributed by atoms with E-state index in [0.29, 0.717) is 28.3 Å². The summed E-state index contributed by atoms with van der Waals surface area (Å²) in [6, 6.07) is 9.12. The molecule has 2 aliphatic carbocycles. The third-order valence-electron chi connectivity index (χ3n) is 8.26. The number of rotatable bonds is 9. The molecule has 1 amide bonds. The Morgan fingerprint density at radius 3 is 2.59 bits per heavy atom. The molecule has 6 nitrogen and oxygen atoms in total. The van der Waals surface area contributed by atoms with Crippen molar-refractivity contribution in [3.63, 3.8) is 0 Å². The predicted molar refractivity (Wildman–Crippen MR) is 167 cm³/mol. The van der Waals surface area contributed by atoms with Crippen LogP contribution in [0.2, 0.25) is 5.02 Å². The first-order valence-corrected chi connectivity index (χ1v) is 15.2. The van der Waals surface area contributed by atoms with E-state index in [9.17, 15) is 4.79 Å². The van der Waals surface area contributed by atoms with Crippen LogP contribution in [0, 0.1) is 5.92 Å². The van der Waals surface area contributed by atoms with Crippen LogP contribution in [0.1, 0.15) is 74.6 Å². The van der Waals surface area contributed by atoms with Crippen molar-refractivity contribution in [3.8, 4) is 10.6 Å². The summed E-state index contributed by atoms with van der Waals surface area (Å²) in [7, 11) is 0. The lowest BCUT2D eigenvalue weighted by Gasteiger charge is -2.36. The number of hydrogen-bond acceptors (Lipinski definition) is 6. The molecule has 3 heterocycles. The molecule has 0 bridgehead atoms. The van der Waals surface area contributed by atoms with Crippen LogP contribution in [0.25, 0.3) is 20.7 Å². The SMILES string of the molecule is Cl.Cl.O=C(NC1CC1)c1cccc2sc(-c3nc(NCCCC4CCN(C5CCCC5)CC4)ncc3Cl)cc12. The molecular weight excluding hydrogens is 573 g/mol. The molecule has 212 valence electrons. The summed E-state index contributed by atoms with van der Waals surface area (Å²) in [5.74, 6) is 1.45. The van der Waals surface area contributed by atoms with Gasteiger partial charge in [-0.2, -0.15) is 0 Å². The number of likely N-dealkylation sites (tertiary alicyclic amines) is 1. The molecule has 1 aliphatic heterocycles. The Bertz CT molecular complexity index is 1250. The van der Waals surface area contributed by atoms with Crippen LogP contribution < -0.4 is 10.6 Å². The van der Waals surface area contributed by atoms with Gasteiger partial charge in [0.1, 0.15) is 5.69 Å². The molecule has 3 aliphatic rings.